The molecule has 0 fully saturated rings. The maximum atomic E-state index is 12.9. The van der Waals surface area contributed by atoms with Crippen molar-refractivity contribution in [3.8, 4) is 23.3 Å². The lowest BCUT2D eigenvalue weighted by Crippen LogP contribution is -2.13. The van der Waals surface area contributed by atoms with Gasteiger partial charge in [0.15, 0.2) is 0 Å². The highest BCUT2D eigenvalue weighted by molar-refractivity contribution is 6.09. The van der Waals surface area contributed by atoms with Crippen LogP contribution >= 0.6 is 0 Å². The van der Waals surface area contributed by atoms with E-state index in [2.05, 4.69) is 5.32 Å². The second-order valence-electron chi connectivity index (χ2n) is 8.54. The molecule has 4 aromatic carbocycles. The summed E-state index contributed by atoms with van der Waals surface area (Å²) in [5.41, 5.74) is 2.58. The van der Waals surface area contributed by atoms with E-state index in [1.165, 1.54) is 25.3 Å². The Labute approximate surface area is 231 Å². The first kappa shape index (κ1) is 27.4. The third kappa shape index (κ3) is 7.46. The van der Waals surface area contributed by atoms with Gasteiger partial charge in [-0.2, -0.15) is 5.26 Å². The second-order valence-corrected chi connectivity index (χ2v) is 8.54. The first-order valence-corrected chi connectivity index (χ1v) is 12.2. The van der Waals surface area contributed by atoms with Crippen molar-refractivity contribution in [1.29, 1.82) is 5.26 Å². The Kier molecular flexibility index (Phi) is 9.09. The number of anilines is 1. The Morgan fingerprint density at radius 1 is 0.900 bits per heavy atom. The number of amides is 1. The molecule has 0 aliphatic carbocycles. The van der Waals surface area contributed by atoms with Crippen LogP contribution in [0.2, 0.25) is 0 Å². The van der Waals surface area contributed by atoms with Crippen molar-refractivity contribution in [2.24, 2.45) is 0 Å². The molecule has 1 amide bonds. The molecule has 4 aromatic rings. The quantitative estimate of drug-likeness (QED) is 0.103. The molecular weight excluding hydrogens is 510 g/mol. The monoisotopic (exact) mass is 535 g/mol. The van der Waals surface area contributed by atoms with Gasteiger partial charge in [0.05, 0.1) is 12.0 Å². The molecule has 0 heterocycles. The standard InChI is InChI=1S/C31H25N3O6/c1-38-29-14-9-24(30(18-29)40-21-23-7-12-27(13-8-23)34(36)37)17-25(19-32)31(35)33-26-10-15-28(16-11-26)39-20-22-5-3-2-4-6-22/h2-18H,20-21H2,1H3,(H,33,35)/b25-17+. The van der Waals surface area contributed by atoms with E-state index in [1.54, 1.807) is 54.6 Å². The molecule has 0 spiro atoms. The first-order chi connectivity index (χ1) is 19.4. The summed E-state index contributed by atoms with van der Waals surface area (Å²) in [7, 11) is 1.51. The molecule has 1 N–H and O–H groups in total. The Hall–Kier alpha value is -5.62. The summed E-state index contributed by atoms with van der Waals surface area (Å²) in [5, 5.41) is 23.3. The summed E-state index contributed by atoms with van der Waals surface area (Å²) < 4.78 is 17.0. The van der Waals surface area contributed by atoms with Crippen molar-refractivity contribution in [2.45, 2.75) is 13.2 Å². The zero-order valence-electron chi connectivity index (χ0n) is 21.6. The van der Waals surface area contributed by atoms with Gasteiger partial charge in [0.1, 0.15) is 42.1 Å². The fourth-order valence-electron chi connectivity index (χ4n) is 3.64. The highest BCUT2D eigenvalue weighted by Gasteiger charge is 2.13. The van der Waals surface area contributed by atoms with Crippen LogP contribution in [0.15, 0.2) is 103 Å². The fraction of sp³-hybridized carbons (Fsp3) is 0.0968. The van der Waals surface area contributed by atoms with E-state index in [0.29, 0.717) is 40.7 Å². The lowest BCUT2D eigenvalue weighted by Gasteiger charge is -2.12. The lowest BCUT2D eigenvalue weighted by atomic mass is 10.1. The van der Waals surface area contributed by atoms with Crippen LogP contribution in [0, 0.1) is 21.4 Å². The third-order valence-corrected chi connectivity index (χ3v) is 5.79. The SMILES string of the molecule is COc1ccc(/C=C(\C#N)C(=O)Nc2ccc(OCc3ccccc3)cc2)c(OCc2ccc([N+](=O)[O-])cc2)c1. The summed E-state index contributed by atoms with van der Waals surface area (Å²) in [6, 6.07) is 29.6. The van der Waals surface area contributed by atoms with Gasteiger partial charge in [0.25, 0.3) is 11.6 Å². The van der Waals surface area contributed by atoms with Crippen LogP contribution in [0.1, 0.15) is 16.7 Å². The minimum absolute atomic E-state index is 0.0206. The van der Waals surface area contributed by atoms with E-state index in [4.69, 9.17) is 14.2 Å². The Morgan fingerprint density at radius 3 is 2.20 bits per heavy atom. The van der Waals surface area contributed by atoms with Gasteiger partial charge >= 0.3 is 0 Å². The Bertz CT molecular complexity index is 1540. The van der Waals surface area contributed by atoms with Gasteiger partial charge in [-0.05, 0) is 65.7 Å². The normalized spacial score (nSPS) is 10.8. The van der Waals surface area contributed by atoms with Crippen LogP contribution in [0.5, 0.6) is 17.2 Å². The van der Waals surface area contributed by atoms with Gasteiger partial charge in [0.2, 0.25) is 0 Å². The average Bonchev–Trinajstić information content (AvgIpc) is 2.99. The molecule has 0 aliphatic heterocycles. The Morgan fingerprint density at radius 2 is 1.55 bits per heavy atom. The number of non-ortho nitro benzene ring substituents is 1. The molecule has 4 rings (SSSR count). The van der Waals surface area contributed by atoms with Crippen molar-refractivity contribution in [3.05, 3.63) is 129 Å². The van der Waals surface area contributed by atoms with Crippen LogP contribution in [0.25, 0.3) is 6.08 Å². The van der Waals surface area contributed by atoms with Gasteiger partial charge in [0, 0.05) is 29.4 Å². The minimum Gasteiger partial charge on any atom is -0.497 e. The van der Waals surface area contributed by atoms with Crippen molar-refractivity contribution in [2.75, 3.05) is 12.4 Å². The third-order valence-electron chi connectivity index (χ3n) is 5.79. The maximum absolute atomic E-state index is 12.9. The second kappa shape index (κ2) is 13.3. The number of hydrogen-bond acceptors (Lipinski definition) is 7. The van der Waals surface area contributed by atoms with Crippen molar-refractivity contribution < 1.29 is 23.9 Å². The molecule has 0 bridgehead atoms. The molecule has 0 saturated heterocycles. The number of rotatable bonds is 11. The summed E-state index contributed by atoms with van der Waals surface area (Å²) in [6.45, 7) is 0.531. The zero-order valence-corrected chi connectivity index (χ0v) is 21.6. The molecule has 0 saturated carbocycles. The number of methoxy groups -OCH3 is 1. The molecule has 200 valence electrons. The van der Waals surface area contributed by atoms with Gasteiger partial charge in [-0.1, -0.05) is 30.3 Å². The number of benzene rings is 4. The molecule has 40 heavy (non-hydrogen) atoms. The van der Waals surface area contributed by atoms with Crippen LogP contribution in [0.4, 0.5) is 11.4 Å². The predicted octanol–water partition coefficient (Wildman–Crippen LogP) is 6.31. The maximum Gasteiger partial charge on any atom is 0.269 e. The topological polar surface area (TPSA) is 124 Å². The number of hydrogen-bond donors (Lipinski definition) is 1. The average molecular weight is 536 g/mol. The number of ether oxygens (including phenoxy) is 3. The molecule has 0 radical (unpaired) electrons. The molecule has 0 aliphatic rings. The van der Waals surface area contributed by atoms with Crippen molar-refractivity contribution in [3.63, 3.8) is 0 Å². The first-order valence-electron chi connectivity index (χ1n) is 12.2. The minimum atomic E-state index is -0.586. The van der Waals surface area contributed by atoms with E-state index >= 15 is 0 Å². The fourth-order valence-corrected chi connectivity index (χ4v) is 3.64. The number of nitriles is 1. The highest BCUT2D eigenvalue weighted by atomic mass is 16.6. The smallest absolute Gasteiger partial charge is 0.269 e. The summed E-state index contributed by atoms with van der Waals surface area (Å²) >= 11 is 0. The van der Waals surface area contributed by atoms with Gasteiger partial charge in [-0.15, -0.1) is 0 Å². The van der Waals surface area contributed by atoms with Gasteiger partial charge < -0.3 is 19.5 Å². The number of nitro benzene ring substituents is 1. The highest BCUT2D eigenvalue weighted by Crippen LogP contribution is 2.28. The van der Waals surface area contributed by atoms with Crippen LogP contribution in [0.3, 0.4) is 0 Å². The largest absolute Gasteiger partial charge is 0.497 e. The van der Waals surface area contributed by atoms with Crippen molar-refractivity contribution in [1.82, 2.24) is 0 Å². The van der Waals surface area contributed by atoms with E-state index in [1.807, 2.05) is 36.4 Å². The van der Waals surface area contributed by atoms with E-state index in [9.17, 15) is 20.2 Å². The van der Waals surface area contributed by atoms with Gasteiger partial charge in [-0.25, -0.2) is 0 Å². The van der Waals surface area contributed by atoms with Crippen LogP contribution < -0.4 is 19.5 Å². The van der Waals surface area contributed by atoms with E-state index < -0.39 is 10.8 Å². The molecule has 9 heteroatoms. The van der Waals surface area contributed by atoms with E-state index in [0.717, 1.165) is 5.56 Å². The van der Waals surface area contributed by atoms with Gasteiger partial charge in [-0.3, -0.25) is 14.9 Å². The zero-order chi connectivity index (χ0) is 28.3. The molecule has 9 nitrogen and oxygen atoms in total. The van der Waals surface area contributed by atoms with Crippen LogP contribution in [-0.4, -0.2) is 17.9 Å². The molecule has 0 aromatic heterocycles. The Balaban J connectivity index is 1.44. The lowest BCUT2D eigenvalue weighted by molar-refractivity contribution is -0.384. The predicted molar refractivity (Wildman–Crippen MR) is 150 cm³/mol. The number of carbonyl (C=O) groups excluding carboxylic acids is 1. The number of nitro groups is 1. The molecular formula is C31H25N3O6. The summed E-state index contributed by atoms with van der Waals surface area (Å²) in [6.07, 6.45) is 1.43. The van der Waals surface area contributed by atoms with Crippen LogP contribution in [-0.2, 0) is 18.0 Å². The number of nitrogens with one attached hydrogen (secondary N) is 1. The van der Waals surface area contributed by atoms with Crippen molar-refractivity contribution >= 4 is 23.4 Å². The number of nitrogens with zero attached hydrogens (tertiary/aromatic N) is 2. The molecule has 0 unspecified atom stereocenters. The number of carbonyl (C=O) groups is 1. The molecule has 0 atom stereocenters. The summed E-state index contributed by atoms with van der Waals surface area (Å²) in [4.78, 5) is 23.3. The summed E-state index contributed by atoms with van der Waals surface area (Å²) in [5.74, 6) is 0.954. The van der Waals surface area contributed by atoms with E-state index in [-0.39, 0.29) is 17.9 Å².